The Hall–Kier alpha value is -3.83. The summed E-state index contributed by atoms with van der Waals surface area (Å²) < 4.78 is 28.2. The molecule has 0 aliphatic carbocycles. The van der Waals surface area contributed by atoms with Gasteiger partial charge in [-0.3, -0.25) is 4.79 Å². The summed E-state index contributed by atoms with van der Waals surface area (Å²) in [6.07, 6.45) is 4.51. The Morgan fingerprint density at radius 2 is 1.77 bits per heavy atom. The number of sulfonamides is 1. The molecular formula is C20H14N6O3S2. The number of carbonyl (C=O) groups is 1. The maximum absolute atomic E-state index is 12.5. The second-order valence-electron chi connectivity index (χ2n) is 6.55. The molecule has 3 heterocycles. The Bertz CT molecular complexity index is 1430. The molecule has 0 unspecified atom stereocenters. The molecule has 5 rings (SSSR count). The molecule has 0 saturated heterocycles. The molecule has 154 valence electrons. The van der Waals surface area contributed by atoms with Gasteiger partial charge >= 0.3 is 0 Å². The normalized spacial score (nSPS) is 14.5. The number of rotatable bonds is 5. The number of anilines is 3. The molecule has 1 amide bonds. The van der Waals surface area contributed by atoms with Crippen LogP contribution in [0.15, 0.2) is 71.5 Å². The molecule has 0 atom stereocenters. The smallest absolute Gasteiger partial charge is 0.264 e. The van der Waals surface area contributed by atoms with E-state index in [-0.39, 0.29) is 16.8 Å². The molecule has 2 aromatic carbocycles. The van der Waals surface area contributed by atoms with Crippen molar-refractivity contribution in [3.8, 4) is 0 Å². The highest BCUT2D eigenvalue weighted by Gasteiger charge is 2.27. The molecule has 11 heteroatoms. The van der Waals surface area contributed by atoms with Crippen LogP contribution in [0.3, 0.4) is 0 Å². The monoisotopic (exact) mass is 450 g/mol. The average molecular weight is 451 g/mol. The van der Waals surface area contributed by atoms with Gasteiger partial charge in [-0.2, -0.15) is 0 Å². The van der Waals surface area contributed by atoms with Crippen molar-refractivity contribution in [3.63, 3.8) is 0 Å². The van der Waals surface area contributed by atoms with E-state index in [1.54, 1.807) is 29.9 Å². The number of fused-ring (bicyclic) bond motifs is 3. The predicted octanol–water partition coefficient (Wildman–Crippen LogP) is 3.29. The third-order valence-electron chi connectivity index (χ3n) is 4.60. The third kappa shape index (κ3) is 3.60. The molecule has 2 aromatic heterocycles. The summed E-state index contributed by atoms with van der Waals surface area (Å²) in [6, 6.07) is 11.4. The van der Waals surface area contributed by atoms with E-state index < -0.39 is 10.0 Å². The van der Waals surface area contributed by atoms with Gasteiger partial charge in [0.05, 0.1) is 31.9 Å². The number of carbonyl (C=O) groups excluding carboxylic acids is 1. The zero-order valence-corrected chi connectivity index (χ0v) is 17.4. The first kappa shape index (κ1) is 19.2. The van der Waals surface area contributed by atoms with Crippen LogP contribution in [0.5, 0.6) is 0 Å². The van der Waals surface area contributed by atoms with Crippen molar-refractivity contribution >= 4 is 60.4 Å². The van der Waals surface area contributed by atoms with Gasteiger partial charge in [0.25, 0.3) is 15.9 Å². The van der Waals surface area contributed by atoms with Crippen molar-refractivity contribution in [2.75, 3.05) is 15.4 Å². The largest absolute Gasteiger partial charge is 0.361 e. The highest BCUT2D eigenvalue weighted by Crippen LogP contribution is 2.39. The summed E-state index contributed by atoms with van der Waals surface area (Å²) in [4.78, 5) is 24.5. The first-order valence-corrected chi connectivity index (χ1v) is 11.4. The maximum atomic E-state index is 12.5. The Morgan fingerprint density at radius 3 is 2.55 bits per heavy atom. The minimum Gasteiger partial charge on any atom is -0.361 e. The average Bonchev–Trinajstić information content (AvgIpc) is 3.36. The fraction of sp³-hybridized carbons (Fsp3) is 0. The maximum Gasteiger partial charge on any atom is 0.264 e. The molecule has 0 saturated carbocycles. The van der Waals surface area contributed by atoms with Crippen molar-refractivity contribution < 1.29 is 13.2 Å². The van der Waals surface area contributed by atoms with Crippen LogP contribution in [0.25, 0.3) is 15.8 Å². The van der Waals surface area contributed by atoms with Crippen molar-refractivity contribution in [1.82, 2.24) is 15.0 Å². The van der Waals surface area contributed by atoms with E-state index in [9.17, 15) is 13.2 Å². The topological polar surface area (TPSA) is 126 Å². The van der Waals surface area contributed by atoms with Gasteiger partial charge < -0.3 is 10.6 Å². The van der Waals surface area contributed by atoms with Crippen molar-refractivity contribution in [1.29, 1.82) is 0 Å². The zero-order chi connectivity index (χ0) is 21.4. The molecule has 9 nitrogen and oxygen atoms in total. The SMILES string of the molecule is O=C1Nc2ccc3ncsc3c2C1=CNc1ccc(S(=O)(=O)Nc2ncccn2)cc1. The number of nitrogens with one attached hydrogen (secondary N) is 3. The predicted molar refractivity (Wildman–Crippen MR) is 119 cm³/mol. The lowest BCUT2D eigenvalue weighted by atomic mass is 10.1. The highest BCUT2D eigenvalue weighted by atomic mass is 32.2. The first-order chi connectivity index (χ1) is 15.0. The lowest BCUT2D eigenvalue weighted by Gasteiger charge is -2.08. The molecule has 3 N–H and O–H groups in total. The molecule has 1 aliphatic heterocycles. The van der Waals surface area contributed by atoms with Crippen LogP contribution in [0.4, 0.5) is 17.3 Å². The van der Waals surface area contributed by atoms with Crippen molar-refractivity contribution in [2.24, 2.45) is 0 Å². The minimum atomic E-state index is -3.82. The fourth-order valence-electron chi connectivity index (χ4n) is 3.16. The summed E-state index contributed by atoms with van der Waals surface area (Å²) in [5, 5.41) is 5.91. The van der Waals surface area contributed by atoms with Gasteiger partial charge in [0.2, 0.25) is 5.95 Å². The summed E-state index contributed by atoms with van der Waals surface area (Å²) >= 11 is 1.47. The van der Waals surface area contributed by atoms with E-state index >= 15 is 0 Å². The van der Waals surface area contributed by atoms with Crippen LogP contribution in [-0.4, -0.2) is 29.3 Å². The van der Waals surface area contributed by atoms with Crippen LogP contribution in [-0.2, 0) is 14.8 Å². The zero-order valence-electron chi connectivity index (χ0n) is 15.7. The molecule has 4 aromatic rings. The molecule has 0 fully saturated rings. The van der Waals surface area contributed by atoms with Gasteiger partial charge in [0.15, 0.2) is 0 Å². The molecule has 0 bridgehead atoms. The van der Waals surface area contributed by atoms with Gasteiger partial charge in [-0.1, -0.05) is 0 Å². The van der Waals surface area contributed by atoms with Gasteiger partial charge in [-0.05, 0) is 42.5 Å². The second-order valence-corrected chi connectivity index (χ2v) is 9.08. The van der Waals surface area contributed by atoms with Gasteiger partial charge in [0.1, 0.15) is 0 Å². The van der Waals surface area contributed by atoms with Gasteiger partial charge in [-0.15, -0.1) is 11.3 Å². The van der Waals surface area contributed by atoms with E-state index in [2.05, 4.69) is 30.3 Å². The van der Waals surface area contributed by atoms with E-state index in [0.29, 0.717) is 11.3 Å². The fourth-order valence-corrected chi connectivity index (χ4v) is 4.97. The lowest BCUT2D eigenvalue weighted by molar-refractivity contribution is -0.110. The summed E-state index contributed by atoms with van der Waals surface area (Å²) in [7, 11) is -3.82. The van der Waals surface area contributed by atoms with Gasteiger partial charge in [-0.25, -0.2) is 28.1 Å². The number of nitrogens with zero attached hydrogens (tertiary/aromatic N) is 3. The second kappa shape index (κ2) is 7.45. The number of hydrogen-bond acceptors (Lipinski definition) is 8. The van der Waals surface area contributed by atoms with E-state index in [1.165, 1.54) is 35.9 Å². The van der Waals surface area contributed by atoms with Crippen molar-refractivity contribution in [3.05, 3.63) is 72.1 Å². The number of hydrogen-bond donors (Lipinski definition) is 3. The number of thiazole rings is 1. The Balaban J connectivity index is 1.38. The van der Waals surface area contributed by atoms with Crippen LogP contribution >= 0.6 is 11.3 Å². The molecular weight excluding hydrogens is 436 g/mol. The number of benzene rings is 2. The lowest BCUT2D eigenvalue weighted by Crippen LogP contribution is -2.14. The Morgan fingerprint density at radius 1 is 1.00 bits per heavy atom. The standard InChI is InChI=1S/C20H14N6O3S2/c27-19-14(17-15(25-19)6-7-16-18(17)30-11-24-16)10-23-12-2-4-13(5-3-12)31(28,29)26-20-21-8-1-9-22-20/h1-11,23H,(H,25,27)(H,21,22,26). The summed E-state index contributed by atoms with van der Waals surface area (Å²) in [5.74, 6) is -0.218. The summed E-state index contributed by atoms with van der Waals surface area (Å²) in [5.41, 5.74) is 5.24. The van der Waals surface area contributed by atoms with E-state index in [4.69, 9.17) is 0 Å². The van der Waals surface area contributed by atoms with Crippen molar-refractivity contribution in [2.45, 2.75) is 4.90 Å². The van der Waals surface area contributed by atoms with Crippen LogP contribution in [0, 0.1) is 0 Å². The van der Waals surface area contributed by atoms with Crippen LogP contribution in [0.1, 0.15) is 5.56 Å². The van der Waals surface area contributed by atoms with Crippen LogP contribution < -0.4 is 15.4 Å². The van der Waals surface area contributed by atoms with E-state index in [1.807, 2.05) is 12.1 Å². The molecule has 31 heavy (non-hydrogen) atoms. The molecule has 1 aliphatic rings. The van der Waals surface area contributed by atoms with Crippen LogP contribution in [0.2, 0.25) is 0 Å². The van der Waals surface area contributed by atoms with E-state index in [0.717, 1.165) is 21.5 Å². The Labute approximate surface area is 180 Å². The molecule has 0 radical (unpaired) electrons. The Kier molecular flexibility index (Phi) is 4.60. The number of aromatic nitrogens is 3. The summed E-state index contributed by atoms with van der Waals surface area (Å²) in [6.45, 7) is 0. The minimum absolute atomic E-state index is 0.00488. The third-order valence-corrected chi connectivity index (χ3v) is 6.80. The first-order valence-electron chi connectivity index (χ1n) is 9.06. The highest BCUT2D eigenvalue weighted by molar-refractivity contribution is 7.92. The number of amides is 1. The quantitative estimate of drug-likeness (QED) is 0.398. The molecule has 0 spiro atoms. The van der Waals surface area contributed by atoms with Gasteiger partial charge in [0, 0.05) is 29.8 Å².